The predicted molar refractivity (Wildman–Crippen MR) is 71.5 cm³/mol. The van der Waals surface area contributed by atoms with Crippen molar-refractivity contribution in [3.05, 3.63) is 35.9 Å². The molecule has 18 heavy (non-hydrogen) atoms. The Morgan fingerprint density at radius 3 is 2.50 bits per heavy atom. The molecule has 2 rings (SSSR count). The van der Waals surface area contributed by atoms with Crippen molar-refractivity contribution >= 4 is 5.97 Å². The summed E-state index contributed by atoms with van der Waals surface area (Å²) in [6.45, 7) is 2.71. The summed E-state index contributed by atoms with van der Waals surface area (Å²) in [7, 11) is 1.93. The van der Waals surface area contributed by atoms with Crippen LogP contribution in [0.4, 0.5) is 0 Å². The van der Waals surface area contributed by atoms with E-state index in [1.54, 1.807) is 0 Å². The summed E-state index contributed by atoms with van der Waals surface area (Å²) in [6, 6.07) is 9.85. The lowest BCUT2D eigenvalue weighted by molar-refractivity contribution is -0.149. The van der Waals surface area contributed by atoms with Gasteiger partial charge in [-0.05, 0) is 38.3 Å². The highest BCUT2D eigenvalue weighted by molar-refractivity contribution is 5.78. The molecular formula is C15H21NO2. The maximum Gasteiger partial charge on any atom is 0.324 e. The van der Waals surface area contributed by atoms with Crippen molar-refractivity contribution in [1.29, 1.82) is 0 Å². The fourth-order valence-electron chi connectivity index (χ4n) is 2.26. The molecule has 1 saturated carbocycles. The normalized spacial score (nSPS) is 18.6. The van der Waals surface area contributed by atoms with Crippen LogP contribution >= 0.6 is 0 Å². The second kappa shape index (κ2) is 5.11. The molecule has 0 amide bonds. The molecule has 0 saturated heterocycles. The van der Waals surface area contributed by atoms with E-state index in [1.807, 2.05) is 49.2 Å². The highest BCUT2D eigenvalue weighted by Gasteiger charge is 2.39. The highest BCUT2D eigenvalue weighted by Crippen LogP contribution is 2.32. The summed E-state index contributed by atoms with van der Waals surface area (Å²) in [6.07, 6.45) is 3.03. The third kappa shape index (κ3) is 2.91. The van der Waals surface area contributed by atoms with E-state index in [1.165, 1.54) is 12.8 Å². The Morgan fingerprint density at radius 2 is 2.00 bits per heavy atom. The molecule has 1 aromatic rings. The van der Waals surface area contributed by atoms with Gasteiger partial charge in [-0.15, -0.1) is 0 Å². The second-order valence-electron chi connectivity index (χ2n) is 5.57. The third-order valence-corrected chi connectivity index (χ3v) is 3.92. The smallest absolute Gasteiger partial charge is 0.324 e. The van der Waals surface area contributed by atoms with Crippen LogP contribution in [-0.2, 0) is 11.2 Å². The number of likely N-dealkylation sites (N-methyl/N-ethyl adjacent to an activating group) is 1. The van der Waals surface area contributed by atoms with Gasteiger partial charge in [0.1, 0.15) is 5.54 Å². The zero-order valence-electron chi connectivity index (χ0n) is 11.1. The number of hydrogen-bond acceptors (Lipinski definition) is 2. The number of nitrogens with zero attached hydrogens (tertiary/aromatic N) is 1. The largest absolute Gasteiger partial charge is 0.480 e. The molecule has 0 aromatic heterocycles. The van der Waals surface area contributed by atoms with Crippen LogP contribution in [0.5, 0.6) is 0 Å². The van der Waals surface area contributed by atoms with Gasteiger partial charge in [-0.2, -0.15) is 0 Å². The summed E-state index contributed by atoms with van der Waals surface area (Å²) in [4.78, 5) is 13.6. The fourth-order valence-corrected chi connectivity index (χ4v) is 2.26. The van der Waals surface area contributed by atoms with Gasteiger partial charge in [0.15, 0.2) is 0 Å². The number of carboxylic acid groups (broad SMARTS) is 1. The van der Waals surface area contributed by atoms with E-state index in [0.717, 1.165) is 12.1 Å². The molecule has 1 aliphatic rings. The molecule has 0 spiro atoms. The van der Waals surface area contributed by atoms with Crippen molar-refractivity contribution in [2.45, 2.75) is 31.7 Å². The molecule has 0 radical (unpaired) electrons. The molecule has 0 aliphatic heterocycles. The number of rotatable bonds is 6. The zero-order valence-corrected chi connectivity index (χ0v) is 11.1. The van der Waals surface area contributed by atoms with Crippen molar-refractivity contribution in [3.8, 4) is 0 Å². The lowest BCUT2D eigenvalue weighted by Crippen LogP contribution is -2.52. The standard InChI is InChI=1S/C15H21NO2/c1-15(14(17)18,16(2)11-13-8-9-13)10-12-6-4-3-5-7-12/h3-7,13H,8-11H2,1-2H3,(H,17,18). The minimum Gasteiger partial charge on any atom is -0.480 e. The topological polar surface area (TPSA) is 40.5 Å². The van der Waals surface area contributed by atoms with Gasteiger partial charge in [0.05, 0.1) is 0 Å². The molecule has 1 fully saturated rings. The van der Waals surface area contributed by atoms with Gasteiger partial charge in [0, 0.05) is 13.0 Å². The quantitative estimate of drug-likeness (QED) is 0.839. The van der Waals surface area contributed by atoms with Crippen LogP contribution in [0.25, 0.3) is 0 Å². The molecule has 1 N–H and O–H groups in total. The van der Waals surface area contributed by atoms with Crippen LogP contribution in [0.2, 0.25) is 0 Å². The summed E-state index contributed by atoms with van der Waals surface area (Å²) >= 11 is 0. The molecule has 0 heterocycles. The first-order chi connectivity index (χ1) is 8.52. The zero-order chi connectivity index (χ0) is 13.2. The van der Waals surface area contributed by atoms with Gasteiger partial charge in [-0.3, -0.25) is 9.69 Å². The minimum absolute atomic E-state index is 0.548. The fraction of sp³-hybridized carbons (Fsp3) is 0.533. The summed E-state index contributed by atoms with van der Waals surface area (Å²) < 4.78 is 0. The first kappa shape index (κ1) is 13.1. The predicted octanol–water partition coefficient (Wildman–Crippen LogP) is 2.41. The number of aliphatic carboxylic acids is 1. The lowest BCUT2D eigenvalue weighted by atomic mass is 9.91. The average molecular weight is 247 g/mol. The van der Waals surface area contributed by atoms with E-state index in [2.05, 4.69) is 0 Å². The summed E-state index contributed by atoms with van der Waals surface area (Å²) in [5, 5.41) is 9.56. The SMILES string of the molecule is CN(CC1CC1)C(C)(Cc1ccccc1)C(=O)O. The van der Waals surface area contributed by atoms with Crippen LogP contribution in [0, 0.1) is 5.92 Å². The van der Waals surface area contributed by atoms with Crippen molar-refractivity contribution in [2.24, 2.45) is 5.92 Å². The highest BCUT2D eigenvalue weighted by atomic mass is 16.4. The van der Waals surface area contributed by atoms with Crippen LogP contribution < -0.4 is 0 Å². The van der Waals surface area contributed by atoms with Crippen molar-refractivity contribution < 1.29 is 9.90 Å². The minimum atomic E-state index is -0.816. The number of carboxylic acids is 1. The van der Waals surface area contributed by atoms with Gasteiger partial charge in [-0.1, -0.05) is 30.3 Å². The number of hydrogen-bond donors (Lipinski definition) is 1. The van der Waals surface area contributed by atoms with Crippen LogP contribution in [0.15, 0.2) is 30.3 Å². The van der Waals surface area contributed by atoms with Crippen LogP contribution in [0.1, 0.15) is 25.3 Å². The first-order valence-electron chi connectivity index (χ1n) is 6.51. The second-order valence-corrected chi connectivity index (χ2v) is 5.57. The maximum atomic E-state index is 11.6. The number of carbonyl (C=O) groups is 1. The van der Waals surface area contributed by atoms with Crippen molar-refractivity contribution in [1.82, 2.24) is 4.90 Å². The average Bonchev–Trinajstić information content (AvgIpc) is 3.13. The van der Waals surface area contributed by atoms with Crippen LogP contribution in [0.3, 0.4) is 0 Å². The van der Waals surface area contributed by atoms with Gasteiger partial charge in [0.2, 0.25) is 0 Å². The Hall–Kier alpha value is -1.35. The van der Waals surface area contributed by atoms with Crippen LogP contribution in [-0.4, -0.2) is 35.1 Å². The molecule has 3 nitrogen and oxygen atoms in total. The summed E-state index contributed by atoms with van der Waals surface area (Å²) in [5.41, 5.74) is 0.259. The summed E-state index contributed by atoms with van der Waals surface area (Å²) in [5.74, 6) is -0.0426. The monoisotopic (exact) mass is 247 g/mol. The van der Waals surface area contributed by atoms with E-state index >= 15 is 0 Å². The van der Waals surface area contributed by atoms with E-state index in [4.69, 9.17) is 0 Å². The van der Waals surface area contributed by atoms with E-state index in [0.29, 0.717) is 12.3 Å². The third-order valence-electron chi connectivity index (χ3n) is 3.92. The molecular weight excluding hydrogens is 226 g/mol. The van der Waals surface area contributed by atoms with E-state index in [-0.39, 0.29) is 0 Å². The molecule has 1 atom stereocenters. The molecule has 1 unspecified atom stereocenters. The van der Waals surface area contributed by atoms with Gasteiger partial charge in [0.25, 0.3) is 0 Å². The number of benzene rings is 1. The lowest BCUT2D eigenvalue weighted by Gasteiger charge is -2.35. The molecule has 3 heteroatoms. The molecule has 0 bridgehead atoms. The van der Waals surface area contributed by atoms with E-state index in [9.17, 15) is 9.90 Å². The van der Waals surface area contributed by atoms with Crippen molar-refractivity contribution in [2.75, 3.05) is 13.6 Å². The molecule has 1 aliphatic carbocycles. The molecule has 1 aromatic carbocycles. The maximum absolute atomic E-state index is 11.6. The van der Waals surface area contributed by atoms with E-state index < -0.39 is 11.5 Å². The van der Waals surface area contributed by atoms with Gasteiger partial charge in [-0.25, -0.2) is 0 Å². The Labute approximate surface area is 108 Å². The Kier molecular flexibility index (Phi) is 3.71. The van der Waals surface area contributed by atoms with Gasteiger partial charge < -0.3 is 5.11 Å². The molecule has 98 valence electrons. The first-order valence-corrected chi connectivity index (χ1v) is 6.51. The Balaban J connectivity index is 2.12. The van der Waals surface area contributed by atoms with Crippen molar-refractivity contribution in [3.63, 3.8) is 0 Å². The van der Waals surface area contributed by atoms with Gasteiger partial charge >= 0.3 is 5.97 Å². The Bertz CT molecular complexity index is 414. The Morgan fingerprint density at radius 1 is 1.39 bits per heavy atom.